The topological polar surface area (TPSA) is 91.4 Å². The summed E-state index contributed by atoms with van der Waals surface area (Å²) in [4.78, 5) is 25.4. The summed E-state index contributed by atoms with van der Waals surface area (Å²) in [6, 6.07) is 11.2. The van der Waals surface area contributed by atoms with E-state index < -0.39 is 0 Å². The molecule has 0 bridgehead atoms. The van der Waals surface area contributed by atoms with Crippen LogP contribution in [-0.2, 0) is 6.54 Å². The Labute approximate surface area is 136 Å². The molecule has 3 heterocycles. The molecule has 24 heavy (non-hydrogen) atoms. The molecule has 1 aromatic carbocycles. The minimum atomic E-state index is -0.271. The minimum Gasteiger partial charge on any atom is -0.289 e. The zero-order valence-corrected chi connectivity index (χ0v) is 12.9. The van der Waals surface area contributed by atoms with Gasteiger partial charge < -0.3 is 0 Å². The summed E-state index contributed by atoms with van der Waals surface area (Å²) in [6.45, 7) is 2.11. The quantitative estimate of drug-likeness (QED) is 0.562. The van der Waals surface area contributed by atoms with Gasteiger partial charge in [-0.2, -0.15) is 4.68 Å². The molecule has 0 aliphatic carbocycles. The third-order valence-corrected chi connectivity index (χ3v) is 3.59. The Morgan fingerprint density at radius 3 is 2.71 bits per heavy atom. The first kappa shape index (κ1) is 14.2. The summed E-state index contributed by atoms with van der Waals surface area (Å²) >= 11 is 0. The lowest BCUT2D eigenvalue weighted by Gasteiger charge is -2.05. The molecule has 0 atom stereocenters. The van der Waals surface area contributed by atoms with Gasteiger partial charge in [-0.25, -0.2) is 15.0 Å². The summed E-state index contributed by atoms with van der Waals surface area (Å²) in [6.07, 6.45) is 3.14. The number of benzene rings is 1. The first-order chi connectivity index (χ1) is 11.7. The van der Waals surface area contributed by atoms with Crippen molar-refractivity contribution in [1.29, 1.82) is 0 Å². The van der Waals surface area contributed by atoms with Crippen molar-refractivity contribution in [2.45, 2.75) is 13.5 Å². The monoisotopic (exact) mass is 319 g/mol. The Morgan fingerprint density at radius 2 is 1.92 bits per heavy atom. The molecule has 0 spiro atoms. The van der Waals surface area contributed by atoms with Crippen LogP contribution >= 0.6 is 0 Å². The van der Waals surface area contributed by atoms with E-state index in [1.165, 1.54) is 10.9 Å². The number of para-hydroxylation sites is 1. The van der Waals surface area contributed by atoms with Gasteiger partial charge in [-0.15, -0.1) is 5.10 Å². The van der Waals surface area contributed by atoms with E-state index in [2.05, 4.69) is 25.3 Å². The van der Waals surface area contributed by atoms with Crippen molar-refractivity contribution < 1.29 is 0 Å². The predicted molar refractivity (Wildman–Crippen MR) is 86.8 cm³/mol. The van der Waals surface area contributed by atoms with Gasteiger partial charge in [0, 0.05) is 11.9 Å². The van der Waals surface area contributed by atoms with Crippen LogP contribution in [0, 0.1) is 6.92 Å². The van der Waals surface area contributed by atoms with E-state index in [9.17, 15) is 4.79 Å². The van der Waals surface area contributed by atoms with E-state index >= 15 is 0 Å². The van der Waals surface area contributed by atoms with E-state index in [4.69, 9.17) is 0 Å². The molecule has 0 unspecified atom stereocenters. The molecule has 0 radical (unpaired) electrons. The van der Waals surface area contributed by atoms with Crippen LogP contribution in [0.15, 0.2) is 53.7 Å². The second-order valence-corrected chi connectivity index (χ2v) is 5.30. The summed E-state index contributed by atoms with van der Waals surface area (Å²) in [5.41, 5.74) is 2.01. The van der Waals surface area contributed by atoms with Gasteiger partial charge in [0.2, 0.25) is 0 Å². The number of rotatable bonds is 3. The molecule has 4 rings (SSSR count). The Bertz CT molecular complexity index is 1070. The molecule has 0 aliphatic heterocycles. The zero-order valence-electron chi connectivity index (χ0n) is 12.9. The van der Waals surface area contributed by atoms with Crippen molar-refractivity contribution in [3.05, 3.63) is 70.8 Å². The van der Waals surface area contributed by atoms with Crippen LogP contribution in [0.3, 0.4) is 0 Å². The second kappa shape index (κ2) is 5.65. The van der Waals surface area contributed by atoms with Gasteiger partial charge in [-0.05, 0) is 25.1 Å². The summed E-state index contributed by atoms with van der Waals surface area (Å²) in [5.74, 6) is 0.550. The van der Waals surface area contributed by atoms with E-state index in [0.717, 1.165) is 11.4 Å². The van der Waals surface area contributed by atoms with Crippen LogP contribution in [-0.4, -0.2) is 34.5 Å². The SMILES string of the molecule is Cc1ccnc(Cn2cnc3c(nnn3-c3ccccc3)c2=O)n1. The Balaban J connectivity index is 1.78. The van der Waals surface area contributed by atoms with Crippen molar-refractivity contribution >= 4 is 11.2 Å². The maximum atomic E-state index is 12.6. The smallest absolute Gasteiger partial charge is 0.283 e. The van der Waals surface area contributed by atoms with E-state index in [1.54, 1.807) is 16.9 Å². The third kappa shape index (κ3) is 2.43. The number of aromatic nitrogens is 7. The molecular formula is C16H13N7O. The normalized spacial score (nSPS) is 11.0. The molecule has 0 N–H and O–H groups in total. The molecule has 3 aromatic heterocycles. The molecule has 0 fully saturated rings. The average Bonchev–Trinajstić information content (AvgIpc) is 3.03. The van der Waals surface area contributed by atoms with Gasteiger partial charge in [0.05, 0.1) is 12.2 Å². The van der Waals surface area contributed by atoms with Crippen LogP contribution < -0.4 is 5.56 Å². The molecule has 0 amide bonds. The van der Waals surface area contributed by atoms with Gasteiger partial charge in [0.15, 0.2) is 11.2 Å². The summed E-state index contributed by atoms with van der Waals surface area (Å²) in [5, 5.41) is 8.04. The zero-order chi connectivity index (χ0) is 16.5. The lowest BCUT2D eigenvalue weighted by atomic mass is 10.3. The maximum absolute atomic E-state index is 12.6. The van der Waals surface area contributed by atoms with Crippen molar-refractivity contribution in [3.8, 4) is 5.69 Å². The molecule has 0 saturated carbocycles. The highest BCUT2D eigenvalue weighted by Crippen LogP contribution is 2.11. The number of hydrogen-bond acceptors (Lipinski definition) is 6. The highest BCUT2D eigenvalue weighted by atomic mass is 16.1. The highest BCUT2D eigenvalue weighted by molar-refractivity contribution is 5.70. The van der Waals surface area contributed by atoms with Crippen LogP contribution in [0.4, 0.5) is 0 Å². The Hall–Kier alpha value is -3.42. The van der Waals surface area contributed by atoms with Crippen LogP contribution in [0.5, 0.6) is 0 Å². The van der Waals surface area contributed by atoms with Crippen LogP contribution in [0.25, 0.3) is 16.9 Å². The summed E-state index contributed by atoms with van der Waals surface area (Å²) < 4.78 is 2.98. The second-order valence-electron chi connectivity index (χ2n) is 5.30. The lowest BCUT2D eigenvalue weighted by Crippen LogP contribution is -2.22. The van der Waals surface area contributed by atoms with Crippen LogP contribution in [0.1, 0.15) is 11.5 Å². The highest BCUT2D eigenvalue weighted by Gasteiger charge is 2.13. The van der Waals surface area contributed by atoms with Crippen LogP contribution in [0.2, 0.25) is 0 Å². The number of hydrogen-bond donors (Lipinski definition) is 0. The molecule has 0 saturated heterocycles. The molecular weight excluding hydrogens is 306 g/mol. The molecule has 8 nitrogen and oxygen atoms in total. The minimum absolute atomic E-state index is 0.217. The van der Waals surface area contributed by atoms with Crippen molar-refractivity contribution in [2.24, 2.45) is 0 Å². The summed E-state index contributed by atoms with van der Waals surface area (Å²) in [7, 11) is 0. The lowest BCUT2D eigenvalue weighted by molar-refractivity contribution is 0.700. The molecule has 118 valence electrons. The maximum Gasteiger partial charge on any atom is 0.283 e. The average molecular weight is 319 g/mol. The number of nitrogens with zero attached hydrogens (tertiary/aromatic N) is 7. The predicted octanol–water partition coefficient (Wildman–Crippen LogP) is 1.12. The first-order valence-electron chi connectivity index (χ1n) is 7.37. The fraction of sp³-hybridized carbons (Fsp3) is 0.125. The van der Waals surface area contributed by atoms with Gasteiger partial charge in [0.1, 0.15) is 12.2 Å². The fourth-order valence-electron chi connectivity index (χ4n) is 2.43. The van der Waals surface area contributed by atoms with Gasteiger partial charge in [0.25, 0.3) is 5.56 Å². The van der Waals surface area contributed by atoms with Gasteiger partial charge in [-0.3, -0.25) is 9.36 Å². The van der Waals surface area contributed by atoms with Crippen molar-refractivity contribution in [2.75, 3.05) is 0 Å². The van der Waals surface area contributed by atoms with Gasteiger partial charge >= 0.3 is 0 Å². The van der Waals surface area contributed by atoms with E-state index in [1.807, 2.05) is 37.3 Å². The van der Waals surface area contributed by atoms with E-state index in [-0.39, 0.29) is 17.6 Å². The largest absolute Gasteiger partial charge is 0.289 e. The Kier molecular flexibility index (Phi) is 3.34. The molecule has 0 aliphatic rings. The van der Waals surface area contributed by atoms with Gasteiger partial charge in [-0.1, -0.05) is 23.4 Å². The number of fused-ring (bicyclic) bond motifs is 1. The number of aryl methyl sites for hydroxylation is 1. The van der Waals surface area contributed by atoms with E-state index in [0.29, 0.717) is 11.5 Å². The van der Waals surface area contributed by atoms with Crippen molar-refractivity contribution in [3.63, 3.8) is 0 Å². The first-order valence-corrected chi connectivity index (χ1v) is 7.37. The fourth-order valence-corrected chi connectivity index (χ4v) is 2.43. The Morgan fingerprint density at radius 1 is 1.08 bits per heavy atom. The standard InChI is InChI=1S/C16H13N7O/c1-11-7-8-17-13(19-11)9-22-10-18-15-14(16(22)24)20-21-23(15)12-5-3-2-4-6-12/h2-8,10H,9H2,1H3. The molecule has 4 aromatic rings. The third-order valence-electron chi connectivity index (χ3n) is 3.59. The van der Waals surface area contributed by atoms with Crippen molar-refractivity contribution in [1.82, 2.24) is 34.5 Å². The molecule has 8 heteroatoms.